The van der Waals surface area contributed by atoms with Crippen molar-refractivity contribution in [2.45, 2.75) is 12.5 Å². The molecule has 0 amide bonds. The summed E-state index contributed by atoms with van der Waals surface area (Å²) in [5.41, 5.74) is 0.789. The number of rotatable bonds is 2. The molecule has 2 heterocycles. The monoisotopic (exact) mass is 328 g/mol. The molecule has 1 aromatic carbocycles. The van der Waals surface area contributed by atoms with Crippen LogP contribution in [0.25, 0.3) is 10.9 Å². The average molecular weight is 330 g/mol. The maximum atomic E-state index is 6.05. The number of benzene rings is 1. The Morgan fingerprint density at radius 3 is 3.06 bits per heavy atom. The minimum absolute atomic E-state index is 0.0992. The Hall–Kier alpha value is -0.910. The van der Waals surface area contributed by atoms with E-state index < -0.39 is 0 Å². The third-order valence-corrected chi connectivity index (χ3v) is 3.74. The molecule has 3 rings (SSSR count). The summed E-state index contributed by atoms with van der Waals surface area (Å²) in [5.74, 6) is 0.745. The van der Waals surface area contributed by atoms with Crippen molar-refractivity contribution in [3.8, 4) is 5.75 Å². The van der Waals surface area contributed by atoms with Crippen molar-refractivity contribution in [2.24, 2.45) is 0 Å². The van der Waals surface area contributed by atoms with E-state index in [-0.39, 0.29) is 6.10 Å². The van der Waals surface area contributed by atoms with Crippen LogP contribution in [-0.4, -0.2) is 29.3 Å². The lowest BCUT2D eigenvalue weighted by Gasteiger charge is -2.14. The van der Waals surface area contributed by atoms with Gasteiger partial charge in [0.1, 0.15) is 23.3 Å². The van der Waals surface area contributed by atoms with Gasteiger partial charge in [0.05, 0.1) is 23.2 Å². The molecule has 1 aromatic heterocycles. The van der Waals surface area contributed by atoms with E-state index in [9.17, 15) is 0 Å². The number of halogens is 2. The number of ether oxygens (including phenoxy) is 2. The number of nitrogens with zero attached hydrogens (tertiary/aromatic N) is 2. The molecule has 1 aliphatic heterocycles. The van der Waals surface area contributed by atoms with Crippen LogP contribution >= 0.6 is 27.5 Å². The number of aromatic nitrogens is 2. The maximum Gasteiger partial charge on any atom is 0.140 e. The van der Waals surface area contributed by atoms with Crippen LogP contribution in [-0.2, 0) is 4.74 Å². The summed E-state index contributed by atoms with van der Waals surface area (Å²) in [6.07, 6.45) is 2.45. The van der Waals surface area contributed by atoms with Crippen molar-refractivity contribution >= 4 is 38.4 Å². The van der Waals surface area contributed by atoms with Gasteiger partial charge >= 0.3 is 0 Å². The molecule has 6 heteroatoms. The van der Waals surface area contributed by atoms with Crippen LogP contribution in [0.4, 0.5) is 0 Å². The van der Waals surface area contributed by atoms with Crippen molar-refractivity contribution in [1.29, 1.82) is 0 Å². The van der Waals surface area contributed by atoms with E-state index in [0.29, 0.717) is 11.8 Å². The normalized spacial score (nSPS) is 19.3. The van der Waals surface area contributed by atoms with Crippen LogP contribution in [0.3, 0.4) is 0 Å². The molecule has 0 N–H and O–H groups in total. The second-order valence-electron chi connectivity index (χ2n) is 4.07. The van der Waals surface area contributed by atoms with E-state index >= 15 is 0 Å². The quantitative estimate of drug-likeness (QED) is 0.794. The summed E-state index contributed by atoms with van der Waals surface area (Å²) < 4.78 is 12.0. The van der Waals surface area contributed by atoms with E-state index in [2.05, 4.69) is 25.9 Å². The number of hydrogen-bond acceptors (Lipinski definition) is 4. The van der Waals surface area contributed by atoms with E-state index in [4.69, 9.17) is 21.1 Å². The highest BCUT2D eigenvalue weighted by atomic mass is 79.9. The van der Waals surface area contributed by atoms with Crippen molar-refractivity contribution in [2.75, 3.05) is 13.2 Å². The maximum absolute atomic E-state index is 6.05. The fourth-order valence-electron chi connectivity index (χ4n) is 1.90. The van der Waals surface area contributed by atoms with Gasteiger partial charge in [0.2, 0.25) is 0 Å². The van der Waals surface area contributed by atoms with Crippen LogP contribution in [0.2, 0.25) is 5.15 Å². The molecule has 0 spiro atoms. The van der Waals surface area contributed by atoms with E-state index in [1.807, 2.05) is 12.1 Å². The minimum Gasteiger partial charge on any atom is -0.487 e. The van der Waals surface area contributed by atoms with E-state index in [1.54, 1.807) is 0 Å². The highest BCUT2D eigenvalue weighted by Gasteiger charge is 2.19. The SMILES string of the molecule is Clc1ncnc2cc(Br)c(O[C@H]3CCOC3)cc12. The minimum atomic E-state index is 0.0992. The van der Waals surface area contributed by atoms with Crippen molar-refractivity contribution in [3.05, 3.63) is 28.1 Å². The van der Waals surface area contributed by atoms with E-state index in [1.165, 1.54) is 6.33 Å². The zero-order chi connectivity index (χ0) is 12.5. The van der Waals surface area contributed by atoms with Gasteiger partial charge in [-0.15, -0.1) is 0 Å². The lowest BCUT2D eigenvalue weighted by atomic mass is 10.2. The Bertz CT molecular complexity index is 588. The van der Waals surface area contributed by atoms with E-state index in [0.717, 1.165) is 34.2 Å². The second-order valence-corrected chi connectivity index (χ2v) is 5.28. The molecule has 4 nitrogen and oxygen atoms in total. The summed E-state index contributed by atoms with van der Waals surface area (Å²) in [6, 6.07) is 3.74. The molecule has 1 fully saturated rings. The summed E-state index contributed by atoms with van der Waals surface area (Å²) in [6.45, 7) is 1.38. The van der Waals surface area contributed by atoms with Crippen LogP contribution in [0, 0.1) is 0 Å². The van der Waals surface area contributed by atoms with Crippen molar-refractivity contribution < 1.29 is 9.47 Å². The molecule has 2 aromatic rings. The fraction of sp³-hybridized carbons (Fsp3) is 0.333. The smallest absolute Gasteiger partial charge is 0.140 e. The molecule has 18 heavy (non-hydrogen) atoms. The third-order valence-electron chi connectivity index (χ3n) is 2.82. The first-order chi connectivity index (χ1) is 8.74. The predicted octanol–water partition coefficient (Wildman–Crippen LogP) is 3.21. The Morgan fingerprint density at radius 1 is 1.39 bits per heavy atom. The first kappa shape index (κ1) is 12.1. The zero-order valence-electron chi connectivity index (χ0n) is 9.40. The van der Waals surface area contributed by atoms with Crippen LogP contribution in [0.5, 0.6) is 5.75 Å². The lowest BCUT2D eigenvalue weighted by Crippen LogP contribution is -2.15. The molecule has 0 aliphatic carbocycles. The topological polar surface area (TPSA) is 44.2 Å². The molecule has 1 saturated heterocycles. The van der Waals surface area contributed by atoms with Crippen molar-refractivity contribution in [1.82, 2.24) is 9.97 Å². The van der Waals surface area contributed by atoms with Crippen LogP contribution in [0.15, 0.2) is 22.9 Å². The summed E-state index contributed by atoms with van der Waals surface area (Å²) in [5, 5.41) is 1.22. The molecule has 94 valence electrons. The summed E-state index contributed by atoms with van der Waals surface area (Å²) in [7, 11) is 0. The molecule has 1 atom stereocenters. The average Bonchev–Trinajstić information content (AvgIpc) is 2.84. The number of fused-ring (bicyclic) bond motifs is 1. The summed E-state index contributed by atoms with van der Waals surface area (Å²) >= 11 is 9.53. The Balaban J connectivity index is 2.00. The van der Waals surface area contributed by atoms with Gasteiger partial charge in [0.25, 0.3) is 0 Å². The van der Waals surface area contributed by atoms with Gasteiger partial charge in [-0.1, -0.05) is 11.6 Å². The van der Waals surface area contributed by atoms with Gasteiger partial charge in [-0.3, -0.25) is 0 Å². The first-order valence-corrected chi connectivity index (χ1v) is 6.75. The van der Waals surface area contributed by atoms with Gasteiger partial charge in [0, 0.05) is 11.8 Å². The standard InChI is InChI=1S/C12H10BrClN2O2/c13-9-4-10-8(12(14)16-6-15-10)3-11(9)18-7-1-2-17-5-7/h3-4,6-7H,1-2,5H2/t7-/m0/s1. The predicted molar refractivity (Wildman–Crippen MR) is 72.1 cm³/mol. The first-order valence-electron chi connectivity index (χ1n) is 5.58. The lowest BCUT2D eigenvalue weighted by molar-refractivity contribution is 0.141. The van der Waals surface area contributed by atoms with Gasteiger partial charge in [-0.05, 0) is 28.1 Å². The van der Waals surface area contributed by atoms with Gasteiger partial charge in [-0.25, -0.2) is 9.97 Å². The Kier molecular flexibility index (Phi) is 3.37. The fourth-order valence-corrected chi connectivity index (χ4v) is 2.52. The molecule has 0 unspecified atom stereocenters. The summed E-state index contributed by atoms with van der Waals surface area (Å²) in [4.78, 5) is 8.14. The van der Waals surface area contributed by atoms with Crippen molar-refractivity contribution in [3.63, 3.8) is 0 Å². The molecule has 1 aliphatic rings. The molecule has 0 radical (unpaired) electrons. The number of hydrogen-bond donors (Lipinski definition) is 0. The highest BCUT2D eigenvalue weighted by molar-refractivity contribution is 9.10. The largest absolute Gasteiger partial charge is 0.487 e. The molecule has 0 bridgehead atoms. The molecular formula is C12H10BrClN2O2. The van der Waals surface area contributed by atoms with Gasteiger partial charge in [-0.2, -0.15) is 0 Å². The molecular weight excluding hydrogens is 320 g/mol. The Labute approximate surface area is 117 Å². The van der Waals surface area contributed by atoms with Crippen LogP contribution < -0.4 is 4.74 Å². The molecule has 0 saturated carbocycles. The second kappa shape index (κ2) is 4.99. The third kappa shape index (κ3) is 2.30. The Morgan fingerprint density at radius 2 is 2.28 bits per heavy atom. The van der Waals surface area contributed by atoms with Gasteiger partial charge < -0.3 is 9.47 Å². The highest BCUT2D eigenvalue weighted by Crippen LogP contribution is 2.33. The van der Waals surface area contributed by atoms with Gasteiger partial charge in [0.15, 0.2) is 0 Å². The van der Waals surface area contributed by atoms with Crippen LogP contribution in [0.1, 0.15) is 6.42 Å². The zero-order valence-corrected chi connectivity index (χ0v) is 11.7.